The number of nitrogens with zero attached hydrogens (tertiary/aromatic N) is 3. The lowest BCUT2D eigenvalue weighted by Gasteiger charge is -2.41. The Labute approximate surface area is 299 Å². The predicted octanol–water partition coefficient (Wildman–Crippen LogP) is 4.10. The first-order valence-electron chi connectivity index (χ1n) is 18.2. The number of benzene rings is 1. The van der Waals surface area contributed by atoms with Gasteiger partial charge in [0.15, 0.2) is 0 Å². The van der Waals surface area contributed by atoms with E-state index >= 15 is 0 Å². The number of hydrogen-bond acceptors (Lipinski definition) is 7. The van der Waals surface area contributed by atoms with Crippen molar-refractivity contribution in [1.29, 1.82) is 0 Å². The maximum Gasteiger partial charge on any atom is 0.328 e. The molecular weight excluding hydrogens is 634 g/mol. The van der Waals surface area contributed by atoms with E-state index in [0.29, 0.717) is 25.0 Å². The van der Waals surface area contributed by atoms with Gasteiger partial charge in [-0.3, -0.25) is 24.1 Å². The summed E-state index contributed by atoms with van der Waals surface area (Å²) in [6, 6.07) is 6.46. The summed E-state index contributed by atoms with van der Waals surface area (Å²) in [5.74, 6) is -1.64. The standard InChI is InChI=1S/C39H61N5O6/c1-25(2)32(42(9)37(48)33(39(6,7)8)41-35(46)30-19-14-15-21-43(30)26(3)4)23-27(5)36(47)44-22-16-20-31(44)34(45)40-29(38(49)50-10)24-28-17-12-11-13-18-28/h11-13,17-18,23,25-26,29-33H,14-16,19-22,24H2,1-10H3,(H,40,45)(H,41,46)/b27-23+/t29?,30-,31+,32-,33-/m1/s1. The molecule has 0 bridgehead atoms. The van der Waals surface area contributed by atoms with Crippen molar-refractivity contribution in [1.82, 2.24) is 25.3 Å². The molecule has 0 saturated carbocycles. The third kappa shape index (κ3) is 10.4. The molecular formula is C39H61N5O6. The minimum atomic E-state index is -0.892. The summed E-state index contributed by atoms with van der Waals surface area (Å²) in [5, 5.41) is 5.95. The van der Waals surface area contributed by atoms with Gasteiger partial charge in [0.25, 0.3) is 0 Å². The number of esters is 1. The van der Waals surface area contributed by atoms with Crippen LogP contribution in [0.2, 0.25) is 0 Å². The van der Waals surface area contributed by atoms with Gasteiger partial charge in [-0.1, -0.05) is 77.4 Å². The van der Waals surface area contributed by atoms with E-state index in [1.54, 1.807) is 29.8 Å². The lowest BCUT2D eigenvalue weighted by Crippen LogP contribution is -2.60. The van der Waals surface area contributed by atoms with Gasteiger partial charge in [0.05, 0.1) is 19.2 Å². The lowest BCUT2D eigenvalue weighted by molar-refractivity contribution is -0.146. The van der Waals surface area contributed by atoms with E-state index in [4.69, 9.17) is 4.74 Å². The number of methoxy groups -OCH3 is 1. The topological polar surface area (TPSA) is 128 Å². The molecule has 2 heterocycles. The van der Waals surface area contributed by atoms with Crippen molar-refractivity contribution < 1.29 is 28.7 Å². The molecule has 50 heavy (non-hydrogen) atoms. The molecule has 0 aliphatic carbocycles. The molecule has 1 aromatic carbocycles. The Morgan fingerprint density at radius 1 is 0.920 bits per heavy atom. The lowest BCUT2D eigenvalue weighted by atomic mass is 9.84. The van der Waals surface area contributed by atoms with Crippen molar-refractivity contribution in [2.24, 2.45) is 11.3 Å². The first-order valence-corrected chi connectivity index (χ1v) is 18.2. The summed E-state index contributed by atoms with van der Waals surface area (Å²) in [6.07, 6.45) is 5.97. The van der Waals surface area contributed by atoms with Crippen LogP contribution in [-0.2, 0) is 35.1 Å². The highest BCUT2D eigenvalue weighted by molar-refractivity contribution is 5.98. The van der Waals surface area contributed by atoms with Crippen LogP contribution in [0.4, 0.5) is 0 Å². The van der Waals surface area contributed by atoms with Crippen molar-refractivity contribution in [2.75, 3.05) is 27.2 Å². The highest BCUT2D eigenvalue weighted by Gasteiger charge is 2.41. The number of likely N-dealkylation sites (N-methyl/N-ethyl adjacent to an activating group) is 1. The fourth-order valence-corrected chi connectivity index (χ4v) is 7.13. The number of carbonyl (C=O) groups excluding carboxylic acids is 5. The fourth-order valence-electron chi connectivity index (χ4n) is 7.13. The summed E-state index contributed by atoms with van der Waals surface area (Å²) in [7, 11) is 3.01. The Kier molecular flexibility index (Phi) is 14.6. The molecule has 2 saturated heterocycles. The van der Waals surface area contributed by atoms with E-state index in [1.165, 1.54) is 7.11 Å². The largest absolute Gasteiger partial charge is 0.467 e. The van der Waals surface area contributed by atoms with Crippen LogP contribution in [0.1, 0.15) is 93.1 Å². The van der Waals surface area contributed by atoms with Crippen molar-refractivity contribution in [3.63, 3.8) is 0 Å². The van der Waals surface area contributed by atoms with E-state index in [2.05, 4.69) is 29.4 Å². The van der Waals surface area contributed by atoms with Crippen molar-refractivity contribution in [3.05, 3.63) is 47.5 Å². The number of nitrogens with one attached hydrogen (secondary N) is 2. The second kappa shape index (κ2) is 18.0. The normalized spacial score (nSPS) is 20.6. The highest BCUT2D eigenvalue weighted by Crippen LogP contribution is 2.27. The molecule has 3 rings (SSSR count). The SMILES string of the molecule is COC(=O)C(Cc1ccccc1)NC(=O)[C@@H]1CCCN1C(=O)/C(C)=C/[C@H](C(C)C)N(C)C(=O)[C@@H](NC(=O)[C@H]1CCCCN1C(C)C)C(C)(C)C. The van der Waals surface area contributed by atoms with Crippen LogP contribution in [-0.4, -0.2) is 108 Å². The van der Waals surface area contributed by atoms with Gasteiger partial charge in [0.1, 0.15) is 18.1 Å². The van der Waals surface area contributed by atoms with Gasteiger partial charge in [-0.2, -0.15) is 0 Å². The molecule has 1 aromatic rings. The van der Waals surface area contributed by atoms with E-state index in [1.807, 2.05) is 65.0 Å². The number of amides is 4. The monoisotopic (exact) mass is 695 g/mol. The minimum absolute atomic E-state index is 0.0470. The Hall–Kier alpha value is -3.73. The Morgan fingerprint density at radius 2 is 1.54 bits per heavy atom. The molecule has 2 aliphatic heterocycles. The zero-order valence-corrected chi connectivity index (χ0v) is 32.0. The Bertz CT molecular complexity index is 1370. The Morgan fingerprint density at radius 3 is 2.12 bits per heavy atom. The first-order chi connectivity index (χ1) is 23.5. The summed E-state index contributed by atoms with van der Waals surface area (Å²) in [6.45, 7) is 17.0. The molecule has 2 fully saturated rings. The van der Waals surface area contributed by atoms with Crippen LogP contribution in [0.5, 0.6) is 0 Å². The maximum atomic E-state index is 14.2. The van der Waals surface area contributed by atoms with E-state index in [9.17, 15) is 24.0 Å². The summed E-state index contributed by atoms with van der Waals surface area (Å²) in [4.78, 5) is 73.3. The highest BCUT2D eigenvalue weighted by atomic mass is 16.5. The van der Waals surface area contributed by atoms with Gasteiger partial charge in [-0.15, -0.1) is 0 Å². The zero-order chi connectivity index (χ0) is 37.3. The zero-order valence-electron chi connectivity index (χ0n) is 32.0. The first kappa shape index (κ1) is 40.7. The number of likely N-dealkylation sites (tertiary alicyclic amines) is 2. The van der Waals surface area contributed by atoms with Crippen molar-refractivity contribution in [2.45, 2.75) is 130 Å². The van der Waals surface area contributed by atoms with Gasteiger partial charge in [-0.25, -0.2) is 4.79 Å². The molecule has 0 aromatic heterocycles. The van der Waals surface area contributed by atoms with Gasteiger partial charge >= 0.3 is 5.97 Å². The maximum absolute atomic E-state index is 14.2. The van der Waals surface area contributed by atoms with Gasteiger partial charge < -0.3 is 25.2 Å². The smallest absolute Gasteiger partial charge is 0.328 e. The van der Waals surface area contributed by atoms with E-state index < -0.39 is 41.5 Å². The molecule has 11 nitrogen and oxygen atoms in total. The minimum Gasteiger partial charge on any atom is -0.467 e. The van der Waals surface area contributed by atoms with Crippen LogP contribution in [0, 0.1) is 11.3 Å². The van der Waals surface area contributed by atoms with Crippen LogP contribution < -0.4 is 10.6 Å². The number of carbonyl (C=O) groups is 5. The van der Waals surface area contributed by atoms with Crippen LogP contribution in [0.3, 0.4) is 0 Å². The number of hydrogen-bond donors (Lipinski definition) is 2. The molecule has 11 heteroatoms. The number of piperidine rings is 1. The third-order valence-electron chi connectivity index (χ3n) is 10.0. The van der Waals surface area contributed by atoms with Crippen LogP contribution in [0.15, 0.2) is 42.0 Å². The van der Waals surface area contributed by atoms with Gasteiger partial charge in [0, 0.05) is 31.6 Å². The summed E-state index contributed by atoms with van der Waals surface area (Å²) < 4.78 is 4.97. The fraction of sp³-hybridized carbons (Fsp3) is 0.667. The van der Waals surface area contributed by atoms with Gasteiger partial charge in [0.2, 0.25) is 23.6 Å². The average Bonchev–Trinajstić information content (AvgIpc) is 3.58. The van der Waals surface area contributed by atoms with Crippen molar-refractivity contribution in [3.8, 4) is 0 Å². The number of rotatable bonds is 13. The molecule has 2 aliphatic rings. The number of ether oxygens (including phenoxy) is 1. The predicted molar refractivity (Wildman–Crippen MR) is 195 cm³/mol. The van der Waals surface area contributed by atoms with Gasteiger partial charge in [-0.05, 0) is 69.9 Å². The van der Waals surface area contributed by atoms with Crippen molar-refractivity contribution >= 4 is 29.6 Å². The summed E-state index contributed by atoms with van der Waals surface area (Å²) in [5.41, 5.74) is 0.732. The quantitative estimate of drug-likeness (QED) is 0.235. The molecule has 1 unspecified atom stereocenters. The molecule has 278 valence electrons. The van der Waals surface area contributed by atoms with Crippen LogP contribution in [0.25, 0.3) is 0 Å². The molecule has 0 radical (unpaired) electrons. The van der Waals surface area contributed by atoms with E-state index in [-0.39, 0.29) is 42.1 Å². The molecule has 4 amide bonds. The Balaban J connectivity index is 1.78. The van der Waals surface area contributed by atoms with Crippen LogP contribution >= 0.6 is 0 Å². The second-order valence-electron chi connectivity index (χ2n) is 15.6. The third-order valence-corrected chi connectivity index (χ3v) is 10.0. The molecule has 5 atom stereocenters. The van der Waals surface area contributed by atoms with E-state index in [0.717, 1.165) is 31.4 Å². The summed E-state index contributed by atoms with van der Waals surface area (Å²) >= 11 is 0. The molecule has 2 N–H and O–H groups in total. The second-order valence-corrected chi connectivity index (χ2v) is 15.6. The molecule has 0 spiro atoms. The average molecular weight is 696 g/mol.